The molecule has 1 unspecified atom stereocenters. The molecule has 0 aromatic carbocycles. The highest BCUT2D eigenvalue weighted by Gasteiger charge is 2.21. The number of aliphatic hydroxyl groups excluding tert-OH is 1. The van der Waals surface area contributed by atoms with Gasteiger partial charge in [0.25, 0.3) is 0 Å². The Balaban J connectivity index is 2.19. The maximum Gasteiger partial charge on any atom is 0.145 e. The molecule has 1 aromatic heterocycles. The van der Waals surface area contributed by atoms with E-state index in [4.69, 9.17) is 5.84 Å². The molecule has 106 valence electrons. The summed E-state index contributed by atoms with van der Waals surface area (Å²) in [7, 11) is 0. The van der Waals surface area contributed by atoms with Crippen molar-refractivity contribution in [3.05, 3.63) is 11.9 Å². The lowest BCUT2D eigenvalue weighted by atomic mass is 9.99. The molecule has 19 heavy (non-hydrogen) atoms. The van der Waals surface area contributed by atoms with E-state index in [-0.39, 0.29) is 6.61 Å². The van der Waals surface area contributed by atoms with Crippen molar-refractivity contribution in [2.75, 3.05) is 30.0 Å². The second-order valence-corrected chi connectivity index (χ2v) is 5.06. The van der Waals surface area contributed by atoms with Gasteiger partial charge in [0, 0.05) is 32.2 Å². The molecule has 4 N–H and O–H groups in total. The Morgan fingerprint density at radius 2 is 2.37 bits per heavy atom. The highest BCUT2D eigenvalue weighted by molar-refractivity contribution is 5.49. The monoisotopic (exact) mass is 265 g/mol. The third-order valence-electron chi connectivity index (χ3n) is 3.48. The smallest absolute Gasteiger partial charge is 0.145 e. The van der Waals surface area contributed by atoms with Crippen LogP contribution in [-0.2, 0) is 6.42 Å². The van der Waals surface area contributed by atoms with E-state index in [0.29, 0.717) is 11.7 Å². The Kier molecular flexibility index (Phi) is 4.93. The lowest BCUT2D eigenvalue weighted by molar-refractivity contribution is 0.208. The van der Waals surface area contributed by atoms with Crippen LogP contribution in [0.15, 0.2) is 6.07 Å². The van der Waals surface area contributed by atoms with E-state index in [1.54, 1.807) is 0 Å². The van der Waals surface area contributed by atoms with E-state index in [9.17, 15) is 5.11 Å². The maximum absolute atomic E-state index is 9.30. The summed E-state index contributed by atoms with van der Waals surface area (Å²) in [6.45, 7) is 4.17. The second-order valence-electron chi connectivity index (χ2n) is 5.06. The van der Waals surface area contributed by atoms with E-state index >= 15 is 0 Å². The van der Waals surface area contributed by atoms with Crippen LogP contribution in [0.25, 0.3) is 0 Å². The van der Waals surface area contributed by atoms with Gasteiger partial charge in [-0.3, -0.25) is 0 Å². The Morgan fingerprint density at radius 3 is 3.05 bits per heavy atom. The van der Waals surface area contributed by atoms with Crippen molar-refractivity contribution in [3.63, 3.8) is 0 Å². The van der Waals surface area contributed by atoms with Crippen LogP contribution in [0.1, 0.15) is 32.0 Å². The van der Waals surface area contributed by atoms with Gasteiger partial charge in [-0.1, -0.05) is 6.92 Å². The molecule has 2 rings (SSSR count). The summed E-state index contributed by atoms with van der Waals surface area (Å²) < 4.78 is 0. The van der Waals surface area contributed by atoms with E-state index < -0.39 is 0 Å². The summed E-state index contributed by atoms with van der Waals surface area (Å²) in [6.07, 6.45) is 4.03. The molecule has 6 heteroatoms. The molecular formula is C13H23N5O. The van der Waals surface area contributed by atoms with Gasteiger partial charge in [0.2, 0.25) is 0 Å². The van der Waals surface area contributed by atoms with Crippen molar-refractivity contribution in [1.29, 1.82) is 0 Å². The van der Waals surface area contributed by atoms with Gasteiger partial charge in [-0.15, -0.1) is 0 Å². The van der Waals surface area contributed by atoms with Crippen LogP contribution in [0.5, 0.6) is 0 Å². The number of piperidine rings is 1. The third kappa shape index (κ3) is 3.54. The minimum absolute atomic E-state index is 0.241. The number of rotatable bonds is 5. The zero-order valence-corrected chi connectivity index (χ0v) is 11.5. The first-order chi connectivity index (χ1) is 9.26. The van der Waals surface area contributed by atoms with Crippen molar-refractivity contribution < 1.29 is 5.11 Å². The minimum Gasteiger partial charge on any atom is -0.396 e. The van der Waals surface area contributed by atoms with E-state index in [2.05, 4.69) is 27.2 Å². The lowest BCUT2D eigenvalue weighted by Crippen LogP contribution is -2.37. The number of nitrogens with zero attached hydrogens (tertiary/aromatic N) is 3. The zero-order chi connectivity index (χ0) is 13.7. The van der Waals surface area contributed by atoms with Crippen molar-refractivity contribution >= 4 is 11.6 Å². The molecule has 0 saturated carbocycles. The molecule has 1 aliphatic rings. The van der Waals surface area contributed by atoms with Crippen LogP contribution in [0.3, 0.4) is 0 Å². The largest absolute Gasteiger partial charge is 0.396 e. The number of nitrogens with one attached hydrogen (secondary N) is 1. The highest BCUT2D eigenvalue weighted by Crippen LogP contribution is 2.23. The summed E-state index contributed by atoms with van der Waals surface area (Å²) in [6, 6.07) is 1.87. The molecule has 1 aliphatic heterocycles. The fourth-order valence-corrected chi connectivity index (χ4v) is 2.48. The summed E-state index contributed by atoms with van der Waals surface area (Å²) in [4.78, 5) is 11.2. The van der Waals surface area contributed by atoms with E-state index in [0.717, 1.165) is 50.4 Å². The average Bonchev–Trinajstić information content (AvgIpc) is 2.47. The molecule has 2 heterocycles. The second kappa shape index (κ2) is 6.68. The summed E-state index contributed by atoms with van der Waals surface area (Å²) in [5, 5.41) is 9.30. The van der Waals surface area contributed by atoms with Gasteiger partial charge in [-0.05, 0) is 25.2 Å². The van der Waals surface area contributed by atoms with E-state index in [1.807, 2.05) is 6.07 Å². The predicted octanol–water partition coefficient (Wildman–Crippen LogP) is 0.923. The van der Waals surface area contributed by atoms with Crippen molar-refractivity contribution in [3.8, 4) is 0 Å². The predicted molar refractivity (Wildman–Crippen MR) is 75.9 cm³/mol. The first kappa shape index (κ1) is 14.0. The Hall–Kier alpha value is -1.40. The Bertz CT molecular complexity index is 412. The van der Waals surface area contributed by atoms with Gasteiger partial charge < -0.3 is 15.4 Å². The topological polar surface area (TPSA) is 87.3 Å². The third-order valence-corrected chi connectivity index (χ3v) is 3.48. The van der Waals surface area contributed by atoms with Gasteiger partial charge in [0.05, 0.1) is 0 Å². The zero-order valence-electron chi connectivity index (χ0n) is 11.5. The number of aromatic nitrogens is 2. The summed E-state index contributed by atoms with van der Waals surface area (Å²) in [5.74, 6) is 8.19. The number of aliphatic hydroxyl groups is 1. The van der Waals surface area contributed by atoms with Crippen LogP contribution in [0.4, 0.5) is 11.6 Å². The lowest BCUT2D eigenvalue weighted by Gasteiger charge is -2.33. The van der Waals surface area contributed by atoms with Crippen LogP contribution in [-0.4, -0.2) is 34.8 Å². The first-order valence-electron chi connectivity index (χ1n) is 6.97. The SMILES string of the molecule is CCCc1nc(NN)cc(N2CCCC(CO)C2)n1. The number of anilines is 2. The summed E-state index contributed by atoms with van der Waals surface area (Å²) in [5.41, 5.74) is 2.60. The quantitative estimate of drug-likeness (QED) is 0.542. The molecule has 1 fully saturated rings. The highest BCUT2D eigenvalue weighted by atomic mass is 16.3. The van der Waals surface area contributed by atoms with E-state index in [1.165, 1.54) is 0 Å². The number of hydrazine groups is 1. The van der Waals surface area contributed by atoms with Crippen LogP contribution < -0.4 is 16.2 Å². The summed E-state index contributed by atoms with van der Waals surface area (Å²) >= 11 is 0. The number of nitrogens with two attached hydrogens (primary N) is 1. The van der Waals surface area contributed by atoms with Crippen LogP contribution >= 0.6 is 0 Å². The van der Waals surface area contributed by atoms with Gasteiger partial charge >= 0.3 is 0 Å². The average molecular weight is 265 g/mol. The first-order valence-corrected chi connectivity index (χ1v) is 6.97. The molecule has 6 nitrogen and oxygen atoms in total. The maximum atomic E-state index is 9.30. The van der Waals surface area contributed by atoms with Gasteiger partial charge in [-0.2, -0.15) is 0 Å². The Labute approximate surface area is 114 Å². The van der Waals surface area contributed by atoms with Crippen molar-refractivity contribution in [1.82, 2.24) is 9.97 Å². The van der Waals surface area contributed by atoms with Crippen molar-refractivity contribution in [2.24, 2.45) is 11.8 Å². The molecule has 0 bridgehead atoms. The van der Waals surface area contributed by atoms with Crippen molar-refractivity contribution in [2.45, 2.75) is 32.6 Å². The molecule has 0 amide bonds. The molecule has 1 atom stereocenters. The minimum atomic E-state index is 0.241. The molecule has 1 aromatic rings. The number of hydrogen-bond donors (Lipinski definition) is 3. The van der Waals surface area contributed by atoms with Gasteiger partial charge in [0.1, 0.15) is 17.5 Å². The molecule has 0 radical (unpaired) electrons. The van der Waals surface area contributed by atoms with Crippen LogP contribution in [0, 0.1) is 5.92 Å². The normalized spacial score (nSPS) is 19.5. The number of aryl methyl sites for hydroxylation is 1. The Morgan fingerprint density at radius 1 is 1.53 bits per heavy atom. The molecule has 0 spiro atoms. The molecule has 1 saturated heterocycles. The number of nitrogen functional groups attached to an aromatic ring is 1. The fourth-order valence-electron chi connectivity index (χ4n) is 2.48. The number of hydrogen-bond acceptors (Lipinski definition) is 6. The standard InChI is InChI=1S/C13H23N5O/c1-2-4-11-15-12(17-14)7-13(16-11)18-6-3-5-10(8-18)9-19/h7,10,19H,2-6,8-9,14H2,1H3,(H,15,16,17). The molecule has 0 aliphatic carbocycles. The van der Waals surface area contributed by atoms with Crippen LogP contribution in [0.2, 0.25) is 0 Å². The van der Waals surface area contributed by atoms with Gasteiger partial charge in [-0.25, -0.2) is 15.8 Å². The molecular weight excluding hydrogens is 242 g/mol. The fraction of sp³-hybridized carbons (Fsp3) is 0.692. The van der Waals surface area contributed by atoms with Gasteiger partial charge in [0.15, 0.2) is 0 Å².